The van der Waals surface area contributed by atoms with E-state index < -0.39 is 16.1 Å². The summed E-state index contributed by atoms with van der Waals surface area (Å²) in [7, 11) is -2.36. The molecule has 0 aliphatic rings. The maximum absolute atomic E-state index is 12.1. The number of hydrogen-bond acceptors (Lipinski definition) is 4. The van der Waals surface area contributed by atoms with E-state index in [9.17, 15) is 13.5 Å². The van der Waals surface area contributed by atoms with E-state index in [4.69, 9.17) is 11.6 Å². The van der Waals surface area contributed by atoms with Gasteiger partial charge in [-0.15, -0.1) is 0 Å². The summed E-state index contributed by atoms with van der Waals surface area (Å²) in [5.74, 6) is 0. The van der Waals surface area contributed by atoms with Crippen molar-refractivity contribution in [1.82, 2.24) is 9.29 Å². The molecule has 1 heterocycles. The molecule has 1 unspecified atom stereocenters. The lowest BCUT2D eigenvalue weighted by molar-refractivity contribution is 0.171. The van der Waals surface area contributed by atoms with Crippen LogP contribution in [0.5, 0.6) is 0 Å². The molecule has 0 saturated carbocycles. The van der Waals surface area contributed by atoms with Crippen molar-refractivity contribution in [3.8, 4) is 0 Å². The predicted molar refractivity (Wildman–Crippen MR) is 68.4 cm³/mol. The van der Waals surface area contributed by atoms with E-state index in [2.05, 4.69) is 20.9 Å². The van der Waals surface area contributed by atoms with Crippen molar-refractivity contribution >= 4 is 37.6 Å². The summed E-state index contributed by atoms with van der Waals surface area (Å²) in [6.07, 6.45) is 0.657. The topological polar surface area (TPSA) is 70.5 Å². The minimum absolute atomic E-state index is 0.00875. The summed E-state index contributed by atoms with van der Waals surface area (Å²) in [5, 5.41) is 9.10. The van der Waals surface area contributed by atoms with Crippen molar-refractivity contribution in [2.75, 3.05) is 13.6 Å². The van der Waals surface area contributed by atoms with Gasteiger partial charge in [-0.2, -0.15) is 4.31 Å². The summed E-state index contributed by atoms with van der Waals surface area (Å²) in [4.78, 5) is 3.67. The first-order valence-corrected chi connectivity index (χ1v) is 7.31. The zero-order valence-electron chi connectivity index (χ0n) is 9.26. The van der Waals surface area contributed by atoms with Gasteiger partial charge in [0.25, 0.3) is 0 Å². The first-order valence-electron chi connectivity index (χ1n) is 4.70. The third-order valence-electron chi connectivity index (χ3n) is 1.98. The molecule has 96 valence electrons. The largest absolute Gasteiger partial charge is 0.392 e. The zero-order chi connectivity index (χ0) is 13.2. The number of aliphatic hydroxyl groups is 1. The minimum atomic E-state index is -3.74. The number of hydrogen-bond donors (Lipinski definition) is 1. The smallest absolute Gasteiger partial charge is 0.246 e. The van der Waals surface area contributed by atoms with Gasteiger partial charge in [0.1, 0.15) is 10.0 Å². The first-order chi connectivity index (χ1) is 7.75. The average Bonchev–Trinajstić information content (AvgIpc) is 2.20. The van der Waals surface area contributed by atoms with Crippen molar-refractivity contribution in [2.45, 2.75) is 17.9 Å². The summed E-state index contributed by atoms with van der Waals surface area (Å²) in [6, 6.07) is 1.38. The second-order valence-electron chi connectivity index (χ2n) is 3.58. The van der Waals surface area contributed by atoms with E-state index in [0.29, 0.717) is 4.47 Å². The highest BCUT2D eigenvalue weighted by Crippen LogP contribution is 2.25. The Balaban J connectivity index is 3.17. The summed E-state index contributed by atoms with van der Waals surface area (Å²) in [5.41, 5.74) is 0. The highest BCUT2D eigenvalue weighted by Gasteiger charge is 2.25. The lowest BCUT2D eigenvalue weighted by Crippen LogP contribution is -2.33. The van der Waals surface area contributed by atoms with E-state index in [1.54, 1.807) is 0 Å². The number of likely N-dealkylation sites (N-methyl/N-ethyl adjacent to an activating group) is 1. The molecule has 1 atom stereocenters. The van der Waals surface area contributed by atoms with Gasteiger partial charge in [-0.3, -0.25) is 0 Å². The Morgan fingerprint density at radius 1 is 1.65 bits per heavy atom. The van der Waals surface area contributed by atoms with Crippen molar-refractivity contribution in [1.29, 1.82) is 0 Å². The zero-order valence-corrected chi connectivity index (χ0v) is 12.4. The Morgan fingerprint density at radius 3 is 2.76 bits per heavy atom. The summed E-state index contributed by atoms with van der Waals surface area (Å²) < 4.78 is 25.8. The van der Waals surface area contributed by atoms with Gasteiger partial charge in [0, 0.05) is 24.3 Å². The molecule has 0 radical (unpaired) electrons. The van der Waals surface area contributed by atoms with Gasteiger partial charge in [-0.25, -0.2) is 13.4 Å². The third-order valence-corrected chi connectivity index (χ3v) is 4.67. The number of nitrogens with zero attached hydrogens (tertiary/aromatic N) is 2. The van der Waals surface area contributed by atoms with E-state index in [1.165, 1.54) is 26.2 Å². The first kappa shape index (κ1) is 14.8. The number of pyridine rings is 1. The van der Waals surface area contributed by atoms with Crippen LogP contribution in [-0.2, 0) is 10.0 Å². The molecule has 1 aromatic rings. The van der Waals surface area contributed by atoms with E-state index in [1.807, 2.05) is 0 Å². The molecule has 5 nitrogen and oxygen atoms in total. The van der Waals surface area contributed by atoms with Crippen LogP contribution in [0.25, 0.3) is 0 Å². The Kier molecular flexibility index (Phi) is 4.91. The molecule has 0 spiro atoms. The van der Waals surface area contributed by atoms with Crippen LogP contribution in [0.3, 0.4) is 0 Å². The molecule has 0 aliphatic carbocycles. The maximum Gasteiger partial charge on any atom is 0.246 e. The average molecular weight is 344 g/mol. The summed E-state index contributed by atoms with van der Waals surface area (Å²) >= 11 is 8.90. The molecule has 0 fully saturated rings. The molecule has 17 heavy (non-hydrogen) atoms. The van der Waals surface area contributed by atoms with Crippen LogP contribution in [0, 0.1) is 0 Å². The van der Waals surface area contributed by atoms with Gasteiger partial charge in [-0.1, -0.05) is 11.6 Å². The molecule has 1 rings (SSSR count). The normalized spacial score (nSPS) is 14.0. The molecular weight excluding hydrogens is 332 g/mol. The molecule has 0 aromatic carbocycles. The SMILES string of the molecule is CC(O)CN(C)S(=O)(=O)c1cc(Br)cnc1Cl. The van der Waals surface area contributed by atoms with Crippen molar-refractivity contribution < 1.29 is 13.5 Å². The Bertz CT molecular complexity index is 507. The van der Waals surface area contributed by atoms with Crippen LogP contribution in [-0.4, -0.2) is 42.5 Å². The van der Waals surface area contributed by atoms with Crippen LogP contribution in [0.4, 0.5) is 0 Å². The molecule has 1 aromatic heterocycles. The number of aromatic nitrogens is 1. The second-order valence-corrected chi connectivity index (χ2v) is 6.86. The molecule has 0 saturated heterocycles. The second kappa shape index (κ2) is 5.62. The standard InChI is InChI=1S/C9H12BrClN2O3S/c1-6(14)5-13(2)17(15,16)8-3-7(10)4-12-9(8)11/h3-4,6,14H,5H2,1-2H3. The van der Waals surface area contributed by atoms with Gasteiger partial charge < -0.3 is 5.11 Å². The van der Waals surface area contributed by atoms with Crippen molar-refractivity contribution in [3.63, 3.8) is 0 Å². The molecule has 0 bridgehead atoms. The monoisotopic (exact) mass is 342 g/mol. The van der Waals surface area contributed by atoms with Crippen LogP contribution in [0.2, 0.25) is 5.15 Å². The highest BCUT2D eigenvalue weighted by atomic mass is 79.9. The molecule has 0 amide bonds. The predicted octanol–water partition coefficient (Wildman–Crippen LogP) is 1.50. The third kappa shape index (κ3) is 3.62. The molecule has 1 N–H and O–H groups in total. The Morgan fingerprint density at radius 2 is 2.24 bits per heavy atom. The van der Waals surface area contributed by atoms with Crippen LogP contribution < -0.4 is 0 Å². The molecular formula is C9H12BrClN2O3S. The van der Waals surface area contributed by atoms with E-state index in [-0.39, 0.29) is 16.6 Å². The van der Waals surface area contributed by atoms with Crippen molar-refractivity contribution in [3.05, 3.63) is 21.9 Å². The lowest BCUT2D eigenvalue weighted by atomic mass is 10.4. The fourth-order valence-electron chi connectivity index (χ4n) is 1.22. The van der Waals surface area contributed by atoms with Crippen molar-refractivity contribution in [2.24, 2.45) is 0 Å². The molecule has 8 heteroatoms. The van der Waals surface area contributed by atoms with Crippen LogP contribution in [0.15, 0.2) is 21.6 Å². The number of rotatable bonds is 4. The Hall–Kier alpha value is -0.210. The van der Waals surface area contributed by atoms with Gasteiger partial charge in [-0.05, 0) is 28.9 Å². The van der Waals surface area contributed by atoms with E-state index >= 15 is 0 Å². The quantitative estimate of drug-likeness (QED) is 0.841. The van der Waals surface area contributed by atoms with E-state index in [0.717, 1.165) is 4.31 Å². The Labute approximate surface area is 114 Å². The van der Waals surface area contributed by atoms with Gasteiger partial charge in [0.2, 0.25) is 10.0 Å². The highest BCUT2D eigenvalue weighted by molar-refractivity contribution is 9.10. The fourth-order valence-corrected chi connectivity index (χ4v) is 3.39. The fraction of sp³-hybridized carbons (Fsp3) is 0.444. The maximum atomic E-state index is 12.1. The summed E-state index contributed by atoms with van der Waals surface area (Å²) in [6.45, 7) is 1.50. The van der Waals surface area contributed by atoms with Gasteiger partial charge in [0.05, 0.1) is 6.10 Å². The lowest BCUT2D eigenvalue weighted by Gasteiger charge is -2.19. The molecule has 0 aliphatic heterocycles. The minimum Gasteiger partial charge on any atom is -0.392 e. The number of sulfonamides is 1. The van der Waals surface area contributed by atoms with Crippen LogP contribution in [0.1, 0.15) is 6.92 Å². The van der Waals surface area contributed by atoms with Gasteiger partial charge >= 0.3 is 0 Å². The number of aliphatic hydroxyl groups excluding tert-OH is 1. The van der Waals surface area contributed by atoms with Gasteiger partial charge in [0.15, 0.2) is 0 Å². The van der Waals surface area contributed by atoms with Crippen LogP contribution >= 0.6 is 27.5 Å². The number of halogens is 2.